The van der Waals surface area contributed by atoms with Crippen LogP contribution >= 0.6 is 0 Å². The van der Waals surface area contributed by atoms with Crippen LogP contribution in [0.5, 0.6) is 0 Å². The van der Waals surface area contributed by atoms with Crippen molar-refractivity contribution in [2.75, 3.05) is 24.6 Å². The van der Waals surface area contributed by atoms with Gasteiger partial charge in [0, 0.05) is 17.9 Å². The molecule has 4 nitrogen and oxygen atoms in total. The van der Waals surface area contributed by atoms with Gasteiger partial charge in [-0.3, -0.25) is 0 Å². The van der Waals surface area contributed by atoms with Gasteiger partial charge in [0.1, 0.15) is 5.60 Å². The van der Waals surface area contributed by atoms with E-state index >= 15 is 0 Å². The van der Waals surface area contributed by atoms with E-state index in [9.17, 15) is 0 Å². The van der Waals surface area contributed by atoms with E-state index in [1.165, 1.54) is 11.1 Å². The fourth-order valence-electron chi connectivity index (χ4n) is 3.77. The third-order valence-electron chi connectivity index (χ3n) is 4.75. The molecule has 4 rings (SSSR count). The van der Waals surface area contributed by atoms with Gasteiger partial charge in [-0.15, -0.1) is 0 Å². The Morgan fingerprint density at radius 3 is 2.73 bits per heavy atom. The monoisotopic (exact) mass is 295 g/mol. The van der Waals surface area contributed by atoms with Crippen LogP contribution in [0.4, 0.5) is 5.95 Å². The number of fused-ring (bicyclic) bond motifs is 2. The maximum atomic E-state index is 6.27. The fourth-order valence-corrected chi connectivity index (χ4v) is 3.77. The molecule has 0 radical (unpaired) electrons. The van der Waals surface area contributed by atoms with E-state index in [4.69, 9.17) is 4.74 Å². The summed E-state index contributed by atoms with van der Waals surface area (Å²) in [6.07, 6.45) is 2.14. The van der Waals surface area contributed by atoms with E-state index in [0.717, 1.165) is 49.9 Å². The third-order valence-corrected chi connectivity index (χ3v) is 4.75. The summed E-state index contributed by atoms with van der Waals surface area (Å²) in [6, 6.07) is 10.7. The van der Waals surface area contributed by atoms with Crippen LogP contribution in [0.1, 0.15) is 28.9 Å². The van der Waals surface area contributed by atoms with Crippen molar-refractivity contribution >= 4 is 5.95 Å². The molecular weight excluding hydrogens is 274 g/mol. The molecule has 0 amide bonds. The molecule has 1 saturated heterocycles. The molecule has 2 aliphatic rings. The number of ether oxygens (including phenoxy) is 1. The maximum Gasteiger partial charge on any atom is 0.225 e. The number of hydrogen-bond acceptors (Lipinski definition) is 4. The van der Waals surface area contributed by atoms with Crippen LogP contribution in [-0.4, -0.2) is 29.7 Å². The number of nitrogens with zero attached hydrogens (tertiary/aromatic N) is 3. The summed E-state index contributed by atoms with van der Waals surface area (Å²) in [4.78, 5) is 11.5. The summed E-state index contributed by atoms with van der Waals surface area (Å²) in [7, 11) is 0. The van der Waals surface area contributed by atoms with Crippen molar-refractivity contribution in [3.05, 3.63) is 52.8 Å². The van der Waals surface area contributed by atoms with Crippen LogP contribution in [0.2, 0.25) is 0 Å². The van der Waals surface area contributed by atoms with Gasteiger partial charge in [-0.05, 0) is 43.9 Å². The molecule has 22 heavy (non-hydrogen) atoms. The molecule has 0 bridgehead atoms. The molecule has 1 aromatic heterocycles. The van der Waals surface area contributed by atoms with Crippen molar-refractivity contribution in [1.82, 2.24) is 9.97 Å². The minimum absolute atomic E-state index is 0.185. The number of hydrogen-bond donors (Lipinski definition) is 0. The van der Waals surface area contributed by atoms with Gasteiger partial charge >= 0.3 is 0 Å². The third kappa shape index (κ3) is 2.18. The molecule has 1 fully saturated rings. The Kier molecular flexibility index (Phi) is 3.15. The zero-order chi connectivity index (χ0) is 15.2. The lowest BCUT2D eigenvalue weighted by molar-refractivity contribution is -0.0596. The first-order valence-corrected chi connectivity index (χ1v) is 7.96. The minimum atomic E-state index is -0.185. The summed E-state index contributed by atoms with van der Waals surface area (Å²) in [6.45, 7) is 6.48. The first kappa shape index (κ1) is 13.7. The number of aryl methyl sites for hydroxylation is 3. The largest absolute Gasteiger partial charge is 0.367 e. The fraction of sp³-hybridized carbons (Fsp3) is 0.444. The summed E-state index contributed by atoms with van der Waals surface area (Å²) in [5, 5.41) is 0. The van der Waals surface area contributed by atoms with Gasteiger partial charge in [0.15, 0.2) is 0 Å². The molecule has 0 saturated carbocycles. The molecular formula is C18H21N3O. The molecule has 2 aromatic rings. The normalized spacial score (nSPS) is 23.8. The standard InChI is InChI=1S/C18H21N3O/c1-13-11-14(2)20-17(19-13)21-9-10-22-18(12-21)8-7-15-5-3-4-6-16(15)18/h3-6,11H,7-10,12H2,1-2H3. The second kappa shape index (κ2) is 5.06. The second-order valence-corrected chi connectivity index (χ2v) is 6.37. The van der Waals surface area contributed by atoms with Crippen molar-refractivity contribution in [1.29, 1.82) is 0 Å². The zero-order valence-corrected chi connectivity index (χ0v) is 13.2. The van der Waals surface area contributed by atoms with Crippen molar-refractivity contribution in [2.24, 2.45) is 0 Å². The van der Waals surface area contributed by atoms with Crippen LogP contribution in [0.25, 0.3) is 0 Å². The van der Waals surface area contributed by atoms with E-state index in [0.29, 0.717) is 0 Å². The first-order valence-electron chi connectivity index (χ1n) is 7.96. The number of aromatic nitrogens is 2. The SMILES string of the molecule is Cc1cc(C)nc(N2CCOC3(CCc4ccccc43)C2)n1. The molecule has 1 spiro atoms. The highest BCUT2D eigenvalue weighted by atomic mass is 16.5. The van der Waals surface area contributed by atoms with Gasteiger partial charge in [-0.1, -0.05) is 24.3 Å². The van der Waals surface area contributed by atoms with Crippen LogP contribution in [0.15, 0.2) is 30.3 Å². The van der Waals surface area contributed by atoms with Crippen molar-refractivity contribution in [2.45, 2.75) is 32.3 Å². The average molecular weight is 295 g/mol. The molecule has 1 aliphatic heterocycles. The predicted molar refractivity (Wildman–Crippen MR) is 86.1 cm³/mol. The highest BCUT2D eigenvalue weighted by molar-refractivity contribution is 5.42. The number of anilines is 1. The minimum Gasteiger partial charge on any atom is -0.367 e. The molecule has 1 aromatic carbocycles. The summed E-state index contributed by atoms with van der Waals surface area (Å²) in [5.74, 6) is 0.838. The van der Waals surface area contributed by atoms with E-state index in [-0.39, 0.29) is 5.60 Å². The summed E-state index contributed by atoms with van der Waals surface area (Å²) in [5.41, 5.74) is 4.63. The summed E-state index contributed by atoms with van der Waals surface area (Å²) < 4.78 is 6.27. The number of rotatable bonds is 1. The molecule has 4 heteroatoms. The van der Waals surface area contributed by atoms with Crippen molar-refractivity contribution in [3.63, 3.8) is 0 Å². The first-order chi connectivity index (χ1) is 10.7. The van der Waals surface area contributed by atoms with Gasteiger partial charge in [0.25, 0.3) is 0 Å². The quantitative estimate of drug-likeness (QED) is 0.811. The smallest absolute Gasteiger partial charge is 0.225 e. The van der Waals surface area contributed by atoms with E-state index < -0.39 is 0 Å². The highest BCUT2D eigenvalue weighted by Gasteiger charge is 2.43. The Bertz CT molecular complexity index is 691. The van der Waals surface area contributed by atoms with Crippen LogP contribution in [0.3, 0.4) is 0 Å². The predicted octanol–water partition coefficient (Wildman–Crippen LogP) is 2.77. The maximum absolute atomic E-state index is 6.27. The molecule has 1 atom stereocenters. The molecule has 0 N–H and O–H groups in total. The zero-order valence-electron chi connectivity index (χ0n) is 13.2. The highest BCUT2D eigenvalue weighted by Crippen LogP contribution is 2.42. The lowest BCUT2D eigenvalue weighted by atomic mass is 9.94. The van der Waals surface area contributed by atoms with E-state index in [1.807, 2.05) is 19.9 Å². The number of benzene rings is 1. The lowest BCUT2D eigenvalue weighted by Crippen LogP contribution is -2.49. The Morgan fingerprint density at radius 1 is 1.14 bits per heavy atom. The van der Waals surface area contributed by atoms with E-state index in [1.54, 1.807) is 0 Å². The Morgan fingerprint density at radius 2 is 1.91 bits per heavy atom. The van der Waals surface area contributed by atoms with Crippen molar-refractivity contribution in [3.8, 4) is 0 Å². The van der Waals surface area contributed by atoms with Crippen molar-refractivity contribution < 1.29 is 4.74 Å². The Balaban J connectivity index is 1.68. The average Bonchev–Trinajstić information content (AvgIpc) is 2.85. The van der Waals surface area contributed by atoms with Crippen LogP contribution < -0.4 is 4.90 Å². The summed E-state index contributed by atoms with van der Waals surface area (Å²) >= 11 is 0. The molecule has 1 unspecified atom stereocenters. The topological polar surface area (TPSA) is 38.2 Å². The van der Waals surface area contributed by atoms with Gasteiger partial charge in [-0.25, -0.2) is 9.97 Å². The number of morpholine rings is 1. The van der Waals surface area contributed by atoms with E-state index in [2.05, 4.69) is 39.1 Å². The van der Waals surface area contributed by atoms with Gasteiger partial charge in [0.05, 0.1) is 13.2 Å². The van der Waals surface area contributed by atoms with Crippen LogP contribution in [0, 0.1) is 13.8 Å². The molecule has 114 valence electrons. The van der Waals surface area contributed by atoms with Crippen LogP contribution in [-0.2, 0) is 16.8 Å². The Labute approximate surface area is 131 Å². The molecule has 1 aliphatic carbocycles. The van der Waals surface area contributed by atoms with Gasteiger partial charge in [0.2, 0.25) is 5.95 Å². The second-order valence-electron chi connectivity index (χ2n) is 6.37. The molecule has 2 heterocycles. The van der Waals surface area contributed by atoms with Gasteiger partial charge in [-0.2, -0.15) is 0 Å². The lowest BCUT2D eigenvalue weighted by Gasteiger charge is -2.41. The Hall–Kier alpha value is -1.94. The van der Waals surface area contributed by atoms with Gasteiger partial charge < -0.3 is 9.64 Å².